The van der Waals surface area contributed by atoms with Crippen molar-refractivity contribution in [1.29, 1.82) is 0 Å². The van der Waals surface area contributed by atoms with E-state index in [9.17, 15) is 18.0 Å². The van der Waals surface area contributed by atoms with Crippen LogP contribution in [0.2, 0.25) is 0 Å². The number of hydrogen-bond acceptors (Lipinski definition) is 3. The fourth-order valence-electron chi connectivity index (χ4n) is 1.71. The Kier molecular flexibility index (Phi) is 4.15. The molecule has 0 aromatic carbocycles. The van der Waals surface area contributed by atoms with Crippen LogP contribution in [0.3, 0.4) is 0 Å². The SMILES string of the molecule is CN(C)CC(=O)N[C@@H]1CNC[C@H]1C(F)(F)F. The normalized spacial score (nSPS) is 26.1. The van der Waals surface area contributed by atoms with Crippen LogP contribution in [0.15, 0.2) is 0 Å². The summed E-state index contributed by atoms with van der Waals surface area (Å²) in [6.45, 7) is 0.140. The standard InChI is InChI=1S/C9H16F3N3O/c1-15(2)5-8(16)14-7-4-13-3-6(7)9(10,11)12/h6-7,13H,3-5H2,1-2H3,(H,14,16)/t6-,7-/m1/s1. The van der Waals surface area contributed by atoms with Crippen molar-refractivity contribution in [3.8, 4) is 0 Å². The van der Waals surface area contributed by atoms with Gasteiger partial charge in [-0.2, -0.15) is 13.2 Å². The van der Waals surface area contributed by atoms with Gasteiger partial charge >= 0.3 is 6.18 Å². The van der Waals surface area contributed by atoms with Gasteiger partial charge in [0.1, 0.15) is 0 Å². The van der Waals surface area contributed by atoms with Crippen LogP contribution in [-0.2, 0) is 4.79 Å². The number of carbonyl (C=O) groups is 1. The van der Waals surface area contributed by atoms with Gasteiger partial charge in [0, 0.05) is 13.1 Å². The van der Waals surface area contributed by atoms with Crippen molar-refractivity contribution in [1.82, 2.24) is 15.5 Å². The zero-order chi connectivity index (χ0) is 12.3. The maximum Gasteiger partial charge on any atom is 0.395 e. The smallest absolute Gasteiger partial charge is 0.350 e. The van der Waals surface area contributed by atoms with Crippen LogP contribution in [0.25, 0.3) is 0 Å². The van der Waals surface area contributed by atoms with Gasteiger partial charge in [-0.3, -0.25) is 4.79 Å². The predicted octanol–water partition coefficient (Wildman–Crippen LogP) is -0.186. The van der Waals surface area contributed by atoms with Gasteiger partial charge in [0.2, 0.25) is 5.91 Å². The molecule has 1 saturated heterocycles. The lowest BCUT2D eigenvalue weighted by Gasteiger charge is -2.23. The molecular weight excluding hydrogens is 223 g/mol. The molecule has 1 aliphatic heterocycles. The fourth-order valence-corrected chi connectivity index (χ4v) is 1.71. The Morgan fingerprint density at radius 2 is 2.06 bits per heavy atom. The molecule has 16 heavy (non-hydrogen) atoms. The zero-order valence-electron chi connectivity index (χ0n) is 9.27. The summed E-state index contributed by atoms with van der Waals surface area (Å²) in [5.41, 5.74) is 0. The minimum Gasteiger partial charge on any atom is -0.350 e. The minimum atomic E-state index is -4.26. The highest BCUT2D eigenvalue weighted by Gasteiger charge is 2.47. The third kappa shape index (κ3) is 3.64. The molecule has 1 rings (SSSR count). The molecule has 1 aliphatic rings. The van der Waals surface area contributed by atoms with E-state index in [0.717, 1.165) is 0 Å². The Balaban J connectivity index is 2.50. The molecule has 7 heteroatoms. The topological polar surface area (TPSA) is 44.4 Å². The van der Waals surface area contributed by atoms with Crippen LogP contribution in [0, 0.1) is 5.92 Å². The molecule has 0 aromatic rings. The highest BCUT2D eigenvalue weighted by Crippen LogP contribution is 2.30. The lowest BCUT2D eigenvalue weighted by Crippen LogP contribution is -2.47. The highest BCUT2D eigenvalue weighted by molar-refractivity contribution is 5.78. The van der Waals surface area contributed by atoms with Gasteiger partial charge in [-0.25, -0.2) is 0 Å². The first-order valence-corrected chi connectivity index (χ1v) is 5.02. The molecular formula is C9H16F3N3O. The van der Waals surface area contributed by atoms with E-state index in [1.54, 1.807) is 19.0 Å². The van der Waals surface area contributed by atoms with Gasteiger partial charge in [-0.05, 0) is 14.1 Å². The summed E-state index contributed by atoms with van der Waals surface area (Å²) >= 11 is 0. The molecule has 4 nitrogen and oxygen atoms in total. The summed E-state index contributed by atoms with van der Waals surface area (Å²) in [6.07, 6.45) is -4.26. The number of nitrogens with one attached hydrogen (secondary N) is 2. The second-order valence-electron chi connectivity index (χ2n) is 4.22. The van der Waals surface area contributed by atoms with Crippen molar-refractivity contribution < 1.29 is 18.0 Å². The summed E-state index contributed by atoms with van der Waals surface area (Å²) in [6, 6.07) is -0.854. The number of hydrogen-bond donors (Lipinski definition) is 2. The van der Waals surface area contributed by atoms with Gasteiger partial charge in [0.25, 0.3) is 0 Å². The molecule has 0 radical (unpaired) electrons. The maximum absolute atomic E-state index is 12.5. The number of carbonyl (C=O) groups excluding carboxylic acids is 1. The van der Waals surface area contributed by atoms with Gasteiger partial charge < -0.3 is 15.5 Å². The summed E-state index contributed by atoms with van der Waals surface area (Å²) < 4.78 is 37.6. The molecule has 1 fully saturated rings. The first kappa shape index (κ1) is 13.2. The molecule has 2 atom stereocenters. The Morgan fingerprint density at radius 3 is 2.56 bits per heavy atom. The van der Waals surface area contributed by atoms with Crippen molar-refractivity contribution >= 4 is 5.91 Å². The number of halogens is 3. The molecule has 0 spiro atoms. The molecule has 0 aromatic heterocycles. The Hall–Kier alpha value is -0.820. The first-order chi connectivity index (χ1) is 7.30. The van der Waals surface area contributed by atoms with E-state index in [1.165, 1.54) is 0 Å². The highest BCUT2D eigenvalue weighted by atomic mass is 19.4. The lowest BCUT2D eigenvalue weighted by molar-refractivity contribution is -0.174. The molecule has 1 heterocycles. The second-order valence-corrected chi connectivity index (χ2v) is 4.22. The van der Waals surface area contributed by atoms with E-state index in [-0.39, 0.29) is 25.5 Å². The van der Waals surface area contributed by atoms with E-state index in [0.29, 0.717) is 0 Å². The summed E-state index contributed by atoms with van der Waals surface area (Å²) in [4.78, 5) is 12.9. The number of likely N-dealkylation sites (N-methyl/N-ethyl adjacent to an activating group) is 1. The van der Waals surface area contributed by atoms with Crippen LogP contribution < -0.4 is 10.6 Å². The molecule has 94 valence electrons. The van der Waals surface area contributed by atoms with Crippen LogP contribution in [-0.4, -0.2) is 56.8 Å². The Labute approximate surface area is 92.2 Å². The third-order valence-corrected chi connectivity index (χ3v) is 2.44. The Bertz CT molecular complexity index is 255. The number of alkyl halides is 3. The average molecular weight is 239 g/mol. The largest absolute Gasteiger partial charge is 0.395 e. The van der Waals surface area contributed by atoms with Gasteiger partial charge in [0.05, 0.1) is 18.5 Å². The number of nitrogens with zero attached hydrogens (tertiary/aromatic N) is 1. The third-order valence-electron chi connectivity index (χ3n) is 2.44. The quantitative estimate of drug-likeness (QED) is 0.718. The number of rotatable bonds is 3. The van der Waals surface area contributed by atoms with Gasteiger partial charge in [-0.1, -0.05) is 0 Å². The van der Waals surface area contributed by atoms with Crippen LogP contribution in [0.1, 0.15) is 0 Å². The maximum atomic E-state index is 12.5. The minimum absolute atomic E-state index is 0.0983. The number of amides is 1. The molecule has 0 bridgehead atoms. The van der Waals surface area contributed by atoms with Gasteiger partial charge in [-0.15, -0.1) is 0 Å². The molecule has 1 amide bonds. The lowest BCUT2D eigenvalue weighted by atomic mass is 10.0. The second kappa shape index (κ2) is 5.01. The van der Waals surface area contributed by atoms with Gasteiger partial charge in [0.15, 0.2) is 0 Å². The van der Waals surface area contributed by atoms with Crippen LogP contribution in [0.5, 0.6) is 0 Å². The van der Waals surface area contributed by atoms with Crippen LogP contribution in [0.4, 0.5) is 13.2 Å². The van der Waals surface area contributed by atoms with Crippen molar-refractivity contribution in [3.63, 3.8) is 0 Å². The summed E-state index contributed by atoms with van der Waals surface area (Å²) in [7, 11) is 3.38. The van der Waals surface area contributed by atoms with Crippen molar-refractivity contribution in [2.45, 2.75) is 12.2 Å². The average Bonchev–Trinajstić information content (AvgIpc) is 2.48. The fraction of sp³-hybridized carbons (Fsp3) is 0.889. The summed E-state index contributed by atoms with van der Waals surface area (Å²) in [5, 5.41) is 5.04. The Morgan fingerprint density at radius 1 is 1.44 bits per heavy atom. The van der Waals surface area contributed by atoms with E-state index in [2.05, 4.69) is 10.6 Å². The zero-order valence-corrected chi connectivity index (χ0v) is 9.27. The molecule has 0 aliphatic carbocycles. The van der Waals surface area contributed by atoms with E-state index in [4.69, 9.17) is 0 Å². The van der Waals surface area contributed by atoms with Crippen molar-refractivity contribution in [2.75, 3.05) is 33.7 Å². The summed E-state index contributed by atoms with van der Waals surface area (Å²) in [5.74, 6) is -1.87. The molecule has 0 unspecified atom stereocenters. The van der Waals surface area contributed by atoms with E-state index in [1.807, 2.05) is 0 Å². The molecule has 2 N–H and O–H groups in total. The predicted molar refractivity (Wildman–Crippen MR) is 52.9 cm³/mol. The van der Waals surface area contributed by atoms with E-state index >= 15 is 0 Å². The van der Waals surface area contributed by atoms with E-state index < -0.39 is 18.1 Å². The molecule has 0 saturated carbocycles. The van der Waals surface area contributed by atoms with Crippen molar-refractivity contribution in [3.05, 3.63) is 0 Å². The van der Waals surface area contributed by atoms with Crippen LogP contribution >= 0.6 is 0 Å². The monoisotopic (exact) mass is 239 g/mol. The van der Waals surface area contributed by atoms with Crippen molar-refractivity contribution in [2.24, 2.45) is 5.92 Å². The first-order valence-electron chi connectivity index (χ1n) is 5.02.